The number of benzene rings is 18. The third-order valence-electron chi connectivity index (χ3n) is 23.0. The SMILES string of the molecule is C(=C(c1ccccc1)c1ccccc1)c1ccc(-c2ccc3c(c2)c2cc(-c4ccc(C=C(c5ccccc5)c5ccccc5)cc4)ccc2n3-c2ccc(-c3ccc(-n4c5ccc(-c6ccc(C=C(c7ccccc7)c7ccccc7)cc6)cc5c5cc(-c6ccc(C=C(c7ccccc7)c7ccccc7)cc6)ccc54)cc3)cc2)cc1. The summed E-state index contributed by atoms with van der Waals surface area (Å²) in [5.74, 6) is 0. The Balaban J connectivity index is 0.643. The lowest BCUT2D eigenvalue weighted by atomic mass is 9.94. The second-order valence-electron chi connectivity index (χ2n) is 30.3. The van der Waals surface area contributed by atoms with Crippen LogP contribution in [0.1, 0.15) is 66.8 Å². The van der Waals surface area contributed by atoms with E-state index in [1.54, 1.807) is 0 Å². The predicted molar refractivity (Wildman–Crippen MR) is 502 cm³/mol. The van der Waals surface area contributed by atoms with Crippen molar-refractivity contribution >= 4 is 90.2 Å². The lowest BCUT2D eigenvalue weighted by Gasteiger charge is -2.12. The number of aromatic nitrogens is 2. The second kappa shape index (κ2) is 32.2. The van der Waals surface area contributed by atoms with Crippen LogP contribution in [0.2, 0.25) is 0 Å². The molecule has 0 saturated heterocycles. The van der Waals surface area contributed by atoms with E-state index in [-0.39, 0.29) is 0 Å². The summed E-state index contributed by atoms with van der Waals surface area (Å²) >= 11 is 0. The Morgan fingerprint density at radius 1 is 0.144 bits per heavy atom. The summed E-state index contributed by atoms with van der Waals surface area (Å²) in [5.41, 5.74) is 37.2. The largest absolute Gasteiger partial charge is 0.309 e. The van der Waals surface area contributed by atoms with Gasteiger partial charge in [-0.2, -0.15) is 0 Å². The van der Waals surface area contributed by atoms with Gasteiger partial charge in [0.25, 0.3) is 0 Å². The van der Waals surface area contributed by atoms with Gasteiger partial charge in [-0.05, 0) is 242 Å². The standard InChI is InChI=1S/C116H80N2/c1-9-25-91(26-10-1)105(92-27-11-2-12-28-92)73-81-41-49-87(50-42-81)99-61-69-113-109(77-99)110-78-100(88-51-43-82(44-52-88)74-106(93-29-13-3-14-30-93)94-31-15-4-16-32-94)62-70-114(110)117(113)103-65-57-85(58-66-103)86-59-67-104(68-60-86)118-115-71-63-101(89-53-45-83(46-54-89)75-107(95-33-17-5-18-34-95)96-35-19-6-20-36-96)79-111(115)112-80-102(64-72-116(112)118)90-55-47-84(48-56-90)76-108(97-37-21-7-22-38-97)98-39-23-8-24-40-98/h1-80H. The van der Waals surface area contributed by atoms with Gasteiger partial charge in [-0.3, -0.25) is 0 Å². The molecule has 20 aromatic rings. The average molecular weight is 1500 g/mol. The zero-order chi connectivity index (χ0) is 78.5. The first kappa shape index (κ1) is 71.6. The van der Waals surface area contributed by atoms with Crippen molar-refractivity contribution in [2.75, 3.05) is 0 Å². The third kappa shape index (κ3) is 14.7. The molecule has 18 aromatic carbocycles. The van der Waals surface area contributed by atoms with E-state index in [0.29, 0.717) is 0 Å². The molecule has 0 atom stereocenters. The van der Waals surface area contributed by atoms with Gasteiger partial charge in [0, 0.05) is 32.9 Å². The Morgan fingerprint density at radius 2 is 0.297 bits per heavy atom. The van der Waals surface area contributed by atoms with Crippen molar-refractivity contribution in [3.8, 4) is 67.0 Å². The maximum absolute atomic E-state index is 2.44. The van der Waals surface area contributed by atoms with E-state index >= 15 is 0 Å². The number of nitrogens with zero attached hydrogens (tertiary/aromatic N) is 2. The first-order chi connectivity index (χ1) is 58.5. The summed E-state index contributed by atoms with van der Waals surface area (Å²) in [5, 5.41) is 4.78. The number of hydrogen-bond donors (Lipinski definition) is 0. The molecule has 0 unspecified atom stereocenters. The Hall–Kier alpha value is -15.5. The molecule has 118 heavy (non-hydrogen) atoms. The number of hydrogen-bond acceptors (Lipinski definition) is 0. The summed E-state index contributed by atoms with van der Waals surface area (Å²) in [6, 6.07) is 168. The van der Waals surface area contributed by atoms with Crippen molar-refractivity contribution in [3.63, 3.8) is 0 Å². The van der Waals surface area contributed by atoms with Gasteiger partial charge in [-0.1, -0.05) is 388 Å². The van der Waals surface area contributed by atoms with Crippen LogP contribution in [-0.2, 0) is 0 Å². The second-order valence-corrected chi connectivity index (χ2v) is 30.3. The Bertz CT molecular complexity index is 6120. The molecule has 0 N–H and O–H groups in total. The van der Waals surface area contributed by atoms with Crippen LogP contribution in [-0.4, -0.2) is 9.13 Å². The smallest absolute Gasteiger partial charge is 0.0541 e. The summed E-state index contributed by atoms with van der Waals surface area (Å²) < 4.78 is 4.88. The minimum Gasteiger partial charge on any atom is -0.309 e. The molecule has 2 heteroatoms. The monoisotopic (exact) mass is 1500 g/mol. The molecule has 0 fully saturated rings. The van der Waals surface area contributed by atoms with Crippen molar-refractivity contribution < 1.29 is 0 Å². The highest BCUT2D eigenvalue weighted by atomic mass is 15.0. The molecule has 0 amide bonds. The molecule has 0 aliphatic carbocycles. The molecule has 0 spiro atoms. The molecular formula is C116H80N2. The van der Waals surface area contributed by atoms with Crippen LogP contribution in [0, 0.1) is 0 Å². The molecule has 20 rings (SSSR count). The Labute approximate surface area is 689 Å². The minimum absolute atomic E-state index is 1.10. The topological polar surface area (TPSA) is 9.86 Å². The number of fused-ring (bicyclic) bond motifs is 6. The van der Waals surface area contributed by atoms with Crippen molar-refractivity contribution in [3.05, 3.63) is 528 Å². The fourth-order valence-corrected chi connectivity index (χ4v) is 17.0. The normalized spacial score (nSPS) is 11.2. The lowest BCUT2D eigenvalue weighted by Crippen LogP contribution is -1.95. The Morgan fingerprint density at radius 3 is 0.475 bits per heavy atom. The highest BCUT2D eigenvalue weighted by Gasteiger charge is 2.20. The van der Waals surface area contributed by atoms with Crippen LogP contribution >= 0.6 is 0 Å². The van der Waals surface area contributed by atoms with Crippen molar-refractivity contribution in [2.45, 2.75) is 0 Å². The van der Waals surface area contributed by atoms with Crippen LogP contribution < -0.4 is 0 Å². The quantitative estimate of drug-likeness (QED) is 0.0714. The Kier molecular flexibility index (Phi) is 19.5. The fraction of sp³-hybridized carbons (Fsp3) is 0. The third-order valence-corrected chi connectivity index (χ3v) is 23.0. The molecule has 0 bridgehead atoms. The van der Waals surface area contributed by atoms with Crippen LogP contribution in [0.15, 0.2) is 461 Å². The van der Waals surface area contributed by atoms with Gasteiger partial charge in [0.2, 0.25) is 0 Å². The maximum atomic E-state index is 2.44. The molecule has 0 aliphatic rings. The van der Waals surface area contributed by atoms with Crippen molar-refractivity contribution in [2.24, 2.45) is 0 Å². The first-order valence-corrected chi connectivity index (χ1v) is 40.6. The van der Waals surface area contributed by atoms with Gasteiger partial charge in [0.1, 0.15) is 0 Å². The highest BCUT2D eigenvalue weighted by molar-refractivity contribution is 6.13. The highest BCUT2D eigenvalue weighted by Crippen LogP contribution is 2.43. The molecule has 0 radical (unpaired) electrons. The predicted octanol–water partition coefficient (Wildman–Crippen LogP) is 30.6. The van der Waals surface area contributed by atoms with Crippen molar-refractivity contribution in [1.29, 1.82) is 0 Å². The van der Waals surface area contributed by atoms with Gasteiger partial charge < -0.3 is 9.13 Å². The summed E-state index contributed by atoms with van der Waals surface area (Å²) in [6.07, 6.45) is 9.22. The van der Waals surface area contributed by atoms with Gasteiger partial charge >= 0.3 is 0 Å². The first-order valence-electron chi connectivity index (χ1n) is 40.6. The zero-order valence-electron chi connectivity index (χ0n) is 65.1. The fourth-order valence-electron chi connectivity index (χ4n) is 17.0. The van der Waals surface area contributed by atoms with E-state index in [9.17, 15) is 0 Å². The summed E-state index contributed by atoms with van der Waals surface area (Å²) in [6.45, 7) is 0. The average Bonchev–Trinajstić information content (AvgIpc) is 1.59. The van der Waals surface area contributed by atoms with Crippen LogP contribution in [0.3, 0.4) is 0 Å². The van der Waals surface area contributed by atoms with E-state index in [2.05, 4.69) is 494 Å². The van der Waals surface area contributed by atoms with E-state index < -0.39 is 0 Å². The zero-order valence-corrected chi connectivity index (χ0v) is 65.1. The van der Waals surface area contributed by atoms with Crippen LogP contribution in [0.4, 0.5) is 0 Å². The van der Waals surface area contributed by atoms with Gasteiger partial charge in [-0.15, -0.1) is 0 Å². The molecule has 2 heterocycles. The van der Waals surface area contributed by atoms with Gasteiger partial charge in [0.05, 0.1) is 22.1 Å². The minimum atomic E-state index is 1.10. The summed E-state index contributed by atoms with van der Waals surface area (Å²) in [7, 11) is 0. The van der Waals surface area contributed by atoms with Crippen LogP contribution in [0.5, 0.6) is 0 Å². The van der Waals surface area contributed by atoms with Gasteiger partial charge in [0.15, 0.2) is 0 Å². The summed E-state index contributed by atoms with van der Waals surface area (Å²) in [4.78, 5) is 0. The molecule has 554 valence electrons. The molecular weight excluding hydrogens is 1420 g/mol. The van der Waals surface area contributed by atoms with E-state index in [4.69, 9.17) is 0 Å². The molecule has 0 saturated carbocycles. The van der Waals surface area contributed by atoms with Crippen molar-refractivity contribution in [1.82, 2.24) is 9.13 Å². The van der Waals surface area contributed by atoms with E-state index in [1.165, 1.54) is 88.3 Å². The lowest BCUT2D eigenvalue weighted by molar-refractivity contribution is 1.18. The molecule has 2 nitrogen and oxygen atoms in total. The number of rotatable bonds is 19. The maximum Gasteiger partial charge on any atom is 0.0541 e. The van der Waals surface area contributed by atoms with E-state index in [0.717, 1.165) is 111 Å². The molecule has 2 aromatic heterocycles. The van der Waals surface area contributed by atoms with Gasteiger partial charge in [-0.25, -0.2) is 0 Å². The van der Waals surface area contributed by atoms with Crippen LogP contribution in [0.25, 0.3) is 157 Å². The molecule has 0 aliphatic heterocycles. The van der Waals surface area contributed by atoms with E-state index in [1.807, 2.05) is 0 Å².